The Hall–Kier alpha value is -1.25. The fourth-order valence-corrected chi connectivity index (χ4v) is 3.67. The first-order valence-electron chi connectivity index (χ1n) is 8.87. The molecular weight excluding hydrogens is 375 g/mol. The van der Waals surface area contributed by atoms with Gasteiger partial charge in [-0.15, -0.1) is 0 Å². The first-order valence-corrected chi connectivity index (χ1v) is 11.5. The zero-order chi connectivity index (χ0) is 20.4. The van der Waals surface area contributed by atoms with Crippen LogP contribution in [0, 0.1) is 6.92 Å². The van der Waals surface area contributed by atoms with Crippen molar-refractivity contribution in [3.05, 3.63) is 32.6 Å². The van der Waals surface area contributed by atoms with Crippen LogP contribution in [0.25, 0.3) is 0 Å². The van der Waals surface area contributed by atoms with Gasteiger partial charge < -0.3 is 23.9 Å². The predicted molar refractivity (Wildman–Crippen MR) is 101 cm³/mol. The molecule has 2 rings (SSSR count). The smallest absolute Gasteiger partial charge is 0.330 e. The highest BCUT2D eigenvalue weighted by Gasteiger charge is 2.47. The van der Waals surface area contributed by atoms with Crippen LogP contribution in [-0.4, -0.2) is 72.3 Å². The second-order valence-corrected chi connectivity index (χ2v) is 11.1. The number of nitrogens with one attached hydrogen (secondary N) is 1. The van der Waals surface area contributed by atoms with Crippen LogP contribution >= 0.6 is 7.14 Å². The second kappa shape index (κ2) is 8.84. The molecule has 1 aliphatic rings. The molecular formula is C17H29N2O7P. The van der Waals surface area contributed by atoms with Gasteiger partial charge in [-0.2, -0.15) is 0 Å². The van der Waals surface area contributed by atoms with Gasteiger partial charge in [0.1, 0.15) is 12.2 Å². The lowest BCUT2D eigenvalue weighted by Crippen LogP contribution is -2.40. The molecule has 0 saturated carbocycles. The average molecular weight is 404 g/mol. The van der Waals surface area contributed by atoms with Crippen molar-refractivity contribution >= 4 is 7.14 Å². The Morgan fingerprint density at radius 3 is 2.63 bits per heavy atom. The Labute approximate surface area is 158 Å². The molecule has 154 valence electrons. The number of methoxy groups -OCH3 is 1. The normalized spacial score (nSPS) is 27.0. The van der Waals surface area contributed by atoms with Crippen LogP contribution in [0.2, 0.25) is 0 Å². The van der Waals surface area contributed by atoms with E-state index in [1.54, 1.807) is 20.3 Å². The third-order valence-electron chi connectivity index (χ3n) is 4.97. The summed E-state index contributed by atoms with van der Waals surface area (Å²) in [5.74, 6) is 0. The molecule has 1 aromatic rings. The monoisotopic (exact) mass is 404 g/mol. The molecule has 9 nitrogen and oxygen atoms in total. The van der Waals surface area contributed by atoms with Gasteiger partial charge in [0, 0.05) is 24.5 Å². The van der Waals surface area contributed by atoms with Gasteiger partial charge in [-0.3, -0.25) is 14.3 Å². The maximum Gasteiger partial charge on any atom is 0.330 e. The third kappa shape index (κ3) is 5.18. The van der Waals surface area contributed by atoms with Gasteiger partial charge in [-0.05, 0) is 26.7 Å². The van der Waals surface area contributed by atoms with E-state index in [0.29, 0.717) is 18.6 Å². The number of aliphatic hydroxyl groups excluding tert-OH is 1. The topological polar surface area (TPSA) is 120 Å². The van der Waals surface area contributed by atoms with E-state index >= 15 is 0 Å². The summed E-state index contributed by atoms with van der Waals surface area (Å²) in [4.78, 5) is 26.1. The number of aromatic nitrogens is 2. The molecule has 0 radical (unpaired) electrons. The lowest BCUT2D eigenvalue weighted by atomic mass is 10.1. The summed E-state index contributed by atoms with van der Waals surface area (Å²) in [6.07, 6.45) is -1.64. The van der Waals surface area contributed by atoms with Gasteiger partial charge in [0.15, 0.2) is 6.23 Å². The van der Waals surface area contributed by atoms with Crippen molar-refractivity contribution in [3.8, 4) is 0 Å². The zero-order valence-corrected chi connectivity index (χ0v) is 17.3. The van der Waals surface area contributed by atoms with Crippen molar-refractivity contribution in [2.45, 2.75) is 50.5 Å². The van der Waals surface area contributed by atoms with E-state index in [1.807, 2.05) is 6.92 Å². The maximum absolute atomic E-state index is 12.3. The number of H-pyrrole nitrogens is 1. The Morgan fingerprint density at radius 2 is 2.04 bits per heavy atom. The molecule has 5 atom stereocenters. The number of aromatic amines is 1. The molecule has 1 aromatic heterocycles. The van der Waals surface area contributed by atoms with Gasteiger partial charge in [0.05, 0.1) is 26.5 Å². The minimum absolute atomic E-state index is 0.162. The molecule has 1 aliphatic heterocycles. The Morgan fingerprint density at radius 1 is 1.37 bits per heavy atom. The summed E-state index contributed by atoms with van der Waals surface area (Å²) in [6.45, 7) is 7.33. The van der Waals surface area contributed by atoms with Crippen molar-refractivity contribution in [1.29, 1.82) is 0 Å². The van der Waals surface area contributed by atoms with Crippen LogP contribution in [0.1, 0.15) is 25.1 Å². The molecule has 0 aliphatic carbocycles. The maximum atomic E-state index is 12.3. The van der Waals surface area contributed by atoms with Crippen LogP contribution in [-0.2, 0) is 18.8 Å². The highest BCUT2D eigenvalue weighted by Crippen LogP contribution is 2.46. The average Bonchev–Trinajstić information content (AvgIpc) is 2.87. The summed E-state index contributed by atoms with van der Waals surface area (Å²) >= 11 is 0. The molecule has 1 saturated heterocycles. The molecule has 0 spiro atoms. The van der Waals surface area contributed by atoms with Gasteiger partial charge in [0.25, 0.3) is 5.56 Å². The number of nitrogens with zero attached hydrogens (tertiary/aromatic N) is 1. The largest absolute Gasteiger partial charge is 0.388 e. The van der Waals surface area contributed by atoms with Gasteiger partial charge in [-0.25, -0.2) is 4.79 Å². The van der Waals surface area contributed by atoms with E-state index < -0.39 is 42.9 Å². The van der Waals surface area contributed by atoms with Crippen molar-refractivity contribution in [2.24, 2.45) is 0 Å². The van der Waals surface area contributed by atoms with E-state index in [1.165, 1.54) is 17.9 Å². The second-order valence-electron chi connectivity index (χ2n) is 7.38. The Kier molecular flexibility index (Phi) is 7.21. The summed E-state index contributed by atoms with van der Waals surface area (Å²) in [6, 6.07) is 0. The Bertz CT molecular complexity index is 799. The molecule has 0 amide bonds. The van der Waals surface area contributed by atoms with E-state index in [9.17, 15) is 19.3 Å². The van der Waals surface area contributed by atoms with E-state index in [4.69, 9.17) is 14.2 Å². The van der Waals surface area contributed by atoms with E-state index in [-0.39, 0.29) is 12.3 Å². The highest BCUT2D eigenvalue weighted by molar-refractivity contribution is 7.63. The molecule has 27 heavy (non-hydrogen) atoms. The fourth-order valence-electron chi connectivity index (χ4n) is 2.95. The molecule has 0 bridgehead atoms. The quantitative estimate of drug-likeness (QED) is 0.479. The lowest BCUT2D eigenvalue weighted by molar-refractivity contribution is -0.0799. The van der Waals surface area contributed by atoms with Crippen LogP contribution in [0.3, 0.4) is 0 Å². The minimum atomic E-state index is -2.37. The van der Waals surface area contributed by atoms with Crippen LogP contribution in [0.4, 0.5) is 0 Å². The van der Waals surface area contributed by atoms with Crippen LogP contribution in [0.5, 0.6) is 0 Å². The summed E-state index contributed by atoms with van der Waals surface area (Å²) in [7, 11) is -0.835. The fraction of sp³-hybridized carbons (Fsp3) is 0.765. The first kappa shape index (κ1) is 22.0. The molecule has 1 unspecified atom stereocenters. The van der Waals surface area contributed by atoms with Gasteiger partial charge in [0.2, 0.25) is 0 Å². The number of ether oxygens (including phenoxy) is 3. The van der Waals surface area contributed by atoms with E-state index in [0.717, 1.165) is 0 Å². The minimum Gasteiger partial charge on any atom is -0.388 e. The van der Waals surface area contributed by atoms with E-state index in [2.05, 4.69) is 4.98 Å². The first-order chi connectivity index (χ1) is 12.6. The summed E-state index contributed by atoms with van der Waals surface area (Å²) in [5, 5.41) is 10.7. The number of rotatable bonds is 8. The van der Waals surface area contributed by atoms with Gasteiger partial charge in [-0.1, -0.05) is 6.92 Å². The Balaban J connectivity index is 2.32. The highest BCUT2D eigenvalue weighted by atomic mass is 31.2. The molecule has 1 fully saturated rings. The molecule has 0 aromatic carbocycles. The van der Waals surface area contributed by atoms with Crippen molar-refractivity contribution in [1.82, 2.24) is 9.55 Å². The number of aliphatic hydroxyl groups is 1. The predicted octanol–water partition coefficient (Wildman–Crippen LogP) is 0.536. The number of aryl methyl sites for hydroxylation is 1. The number of hydrogen-bond donors (Lipinski definition) is 2. The zero-order valence-electron chi connectivity index (χ0n) is 16.4. The van der Waals surface area contributed by atoms with Crippen molar-refractivity contribution in [3.63, 3.8) is 0 Å². The third-order valence-corrected chi connectivity index (χ3v) is 7.30. The van der Waals surface area contributed by atoms with Crippen LogP contribution in [0.15, 0.2) is 15.8 Å². The number of hydrogen-bond acceptors (Lipinski definition) is 7. The van der Waals surface area contributed by atoms with Crippen molar-refractivity contribution < 1.29 is 23.9 Å². The van der Waals surface area contributed by atoms with Crippen LogP contribution < -0.4 is 11.2 Å². The summed E-state index contributed by atoms with van der Waals surface area (Å²) < 4.78 is 30.2. The lowest BCUT2D eigenvalue weighted by Gasteiger charge is -2.23. The standard InChI is InChI=1S/C17H29N2O7P/c1-10-9-19(17(22)18-15(10)21)16-14(25-7-6-24-3)13(20)12(26-16)8-11(2)27(4,5)23/h9,11-14,16,20H,6-8H2,1-5H3,(H,18,21,22)/t11?,12-,13-,14-,16-/m1/s1. The molecule has 2 heterocycles. The van der Waals surface area contributed by atoms with Crippen molar-refractivity contribution in [2.75, 3.05) is 33.7 Å². The summed E-state index contributed by atoms with van der Waals surface area (Å²) in [5.41, 5.74) is -0.945. The molecule has 2 N–H and O–H groups in total. The van der Waals surface area contributed by atoms with Gasteiger partial charge >= 0.3 is 5.69 Å². The SMILES string of the molecule is COCCO[C@@H]1[C@H](O)[C@@H](CC(C)P(C)(C)=O)O[C@H]1n1cc(C)c(=O)[nH]c1=O. The molecule has 10 heteroatoms.